The van der Waals surface area contributed by atoms with Crippen LogP contribution in [-0.2, 0) is 9.57 Å². The summed E-state index contributed by atoms with van der Waals surface area (Å²) in [6, 6.07) is 5.26. The van der Waals surface area contributed by atoms with Gasteiger partial charge in [0.05, 0.1) is 29.1 Å². The molecule has 2 aromatic rings. The highest BCUT2D eigenvalue weighted by Crippen LogP contribution is 2.37. The van der Waals surface area contributed by atoms with Crippen LogP contribution in [0.3, 0.4) is 0 Å². The van der Waals surface area contributed by atoms with Gasteiger partial charge in [-0.15, -0.1) is 0 Å². The van der Waals surface area contributed by atoms with Gasteiger partial charge in [-0.25, -0.2) is 4.39 Å². The average molecular weight is 519 g/mol. The number of carbonyl (C=O) groups is 2. The highest BCUT2D eigenvalue weighted by molar-refractivity contribution is 6.35. The molecule has 34 heavy (non-hydrogen) atoms. The first-order valence-electron chi connectivity index (χ1n) is 9.57. The average Bonchev–Trinajstić information content (AvgIpc) is 3.21. The number of hydrogen-bond donors (Lipinski definition) is 1. The van der Waals surface area contributed by atoms with E-state index in [2.05, 4.69) is 10.5 Å². The zero-order chi connectivity index (χ0) is 25.2. The molecule has 0 radical (unpaired) electrons. The lowest BCUT2D eigenvalue weighted by Gasteiger charge is -2.14. The molecule has 1 N–H and O–H groups in total. The van der Waals surface area contributed by atoms with Crippen molar-refractivity contribution >= 4 is 46.4 Å². The Balaban J connectivity index is 1.85. The van der Waals surface area contributed by atoms with Crippen LogP contribution in [0.4, 0.5) is 17.6 Å². The van der Waals surface area contributed by atoms with Crippen molar-refractivity contribution < 1.29 is 36.7 Å². The van der Waals surface area contributed by atoms with Gasteiger partial charge >= 0.3 is 6.18 Å². The highest BCUT2D eigenvalue weighted by Gasteiger charge is 2.36. The predicted octanol–water partition coefficient (Wildman–Crippen LogP) is 5.71. The van der Waals surface area contributed by atoms with Crippen molar-refractivity contribution in [1.29, 1.82) is 0 Å². The monoisotopic (exact) mass is 518 g/mol. The largest absolute Gasteiger partial charge is 0.482 e. The molecule has 3 rings (SSSR count). The summed E-state index contributed by atoms with van der Waals surface area (Å²) >= 11 is 11.2. The predicted molar refractivity (Wildman–Crippen MR) is 117 cm³/mol. The van der Waals surface area contributed by atoms with Crippen LogP contribution < -0.4 is 5.32 Å². The summed E-state index contributed by atoms with van der Waals surface area (Å²) in [6.45, 7) is 1.52. The molecular formula is C22H16Cl2F4N2O4. The number of rotatable bonds is 5. The molecule has 0 bridgehead atoms. The van der Waals surface area contributed by atoms with Gasteiger partial charge in [0.15, 0.2) is 11.6 Å². The number of halogens is 6. The van der Waals surface area contributed by atoms with Gasteiger partial charge in [0, 0.05) is 11.1 Å². The minimum absolute atomic E-state index is 0.0998. The number of nitrogens with zero attached hydrogens (tertiary/aromatic N) is 1. The lowest BCUT2D eigenvalue weighted by molar-refractivity contribution is -0.0689. The van der Waals surface area contributed by atoms with E-state index in [9.17, 15) is 27.2 Å². The summed E-state index contributed by atoms with van der Waals surface area (Å²) in [7, 11) is 1.41. The standard InChI is InChI=1S/C22H16Cl2F4N2O4/c1-10-5-11(3-4-13(10)21(32)29-18-9-19(33-2)30-34-18)17(31)8-14(22(26,27)28)12-6-15(23)20(25)16(24)7-12/h3-8,18H,9H2,1-2H3,(H,29,32). The first kappa shape index (κ1) is 25.5. The number of ketones is 1. The van der Waals surface area contributed by atoms with Gasteiger partial charge in [0.25, 0.3) is 5.91 Å². The van der Waals surface area contributed by atoms with E-state index >= 15 is 0 Å². The fraction of sp³-hybridized carbons (Fsp3) is 0.227. The molecule has 0 saturated heterocycles. The van der Waals surface area contributed by atoms with Crippen LogP contribution in [0.5, 0.6) is 0 Å². The number of ether oxygens (including phenoxy) is 1. The summed E-state index contributed by atoms with van der Waals surface area (Å²) < 4.78 is 59.5. The molecule has 0 spiro atoms. The molecule has 2 aromatic carbocycles. The summed E-state index contributed by atoms with van der Waals surface area (Å²) in [5.41, 5.74) is -1.50. The van der Waals surface area contributed by atoms with Gasteiger partial charge in [-0.2, -0.15) is 13.2 Å². The molecule has 1 atom stereocenters. The number of nitrogens with one attached hydrogen (secondary N) is 1. The van der Waals surface area contributed by atoms with E-state index in [0.717, 1.165) is 12.1 Å². The first-order valence-corrected chi connectivity index (χ1v) is 10.3. The van der Waals surface area contributed by atoms with Crippen LogP contribution in [0, 0.1) is 12.7 Å². The molecular weight excluding hydrogens is 503 g/mol. The molecule has 0 fully saturated rings. The van der Waals surface area contributed by atoms with E-state index in [1.54, 1.807) is 0 Å². The maximum Gasteiger partial charge on any atom is 0.417 e. The summed E-state index contributed by atoms with van der Waals surface area (Å²) in [6.07, 6.45) is -5.11. The summed E-state index contributed by atoms with van der Waals surface area (Å²) in [5, 5.41) is 4.97. The molecule has 180 valence electrons. The van der Waals surface area contributed by atoms with E-state index < -0.39 is 51.1 Å². The van der Waals surface area contributed by atoms with E-state index in [4.69, 9.17) is 32.8 Å². The van der Waals surface area contributed by atoms with Crippen LogP contribution in [-0.4, -0.2) is 37.1 Å². The van der Waals surface area contributed by atoms with Crippen LogP contribution in [0.15, 0.2) is 41.6 Å². The first-order chi connectivity index (χ1) is 15.9. The van der Waals surface area contributed by atoms with Gasteiger partial charge in [0.2, 0.25) is 12.1 Å². The van der Waals surface area contributed by atoms with Crippen LogP contribution in [0.1, 0.15) is 38.3 Å². The Labute approximate surface area is 201 Å². The Bertz CT molecular complexity index is 1190. The fourth-order valence-corrected chi connectivity index (χ4v) is 3.59. The van der Waals surface area contributed by atoms with Gasteiger partial charge in [-0.1, -0.05) is 29.3 Å². The Morgan fingerprint density at radius 1 is 1.18 bits per heavy atom. The van der Waals surface area contributed by atoms with Gasteiger partial charge in [-0.3, -0.25) is 9.59 Å². The maximum absolute atomic E-state index is 13.7. The molecule has 1 aliphatic heterocycles. The number of allylic oxidation sites excluding steroid dienone is 2. The smallest absolute Gasteiger partial charge is 0.417 e. The highest BCUT2D eigenvalue weighted by atomic mass is 35.5. The van der Waals surface area contributed by atoms with Crippen molar-refractivity contribution in [1.82, 2.24) is 5.32 Å². The minimum Gasteiger partial charge on any atom is -0.482 e. The third-order valence-corrected chi connectivity index (χ3v) is 5.35. The van der Waals surface area contributed by atoms with Gasteiger partial charge in [0.1, 0.15) is 0 Å². The van der Waals surface area contributed by atoms with Gasteiger partial charge < -0.3 is 14.9 Å². The minimum atomic E-state index is -4.96. The number of alkyl halides is 3. The number of oxime groups is 1. The molecule has 1 heterocycles. The lowest BCUT2D eigenvalue weighted by atomic mass is 9.98. The number of aryl methyl sites for hydroxylation is 1. The molecule has 1 aliphatic rings. The number of amides is 1. The van der Waals surface area contributed by atoms with Crippen molar-refractivity contribution in [2.75, 3.05) is 7.11 Å². The van der Waals surface area contributed by atoms with Crippen LogP contribution in [0.2, 0.25) is 10.0 Å². The topological polar surface area (TPSA) is 77.0 Å². The zero-order valence-corrected chi connectivity index (χ0v) is 19.1. The summed E-state index contributed by atoms with van der Waals surface area (Å²) in [5.74, 6) is -2.29. The Kier molecular flexibility index (Phi) is 7.52. The molecule has 1 unspecified atom stereocenters. The number of hydrogen-bond acceptors (Lipinski definition) is 5. The SMILES string of the molecule is COC1=NOC(NC(=O)c2ccc(C(=O)C=C(c3cc(Cl)c(F)c(Cl)c3)C(F)(F)F)cc2C)C1. The second-order valence-corrected chi connectivity index (χ2v) is 7.98. The zero-order valence-electron chi connectivity index (χ0n) is 17.6. The third-order valence-electron chi connectivity index (χ3n) is 4.80. The molecule has 12 heteroatoms. The van der Waals surface area contributed by atoms with E-state index in [-0.39, 0.29) is 17.5 Å². The number of methoxy groups -OCH3 is 1. The Hall–Kier alpha value is -3.11. The Morgan fingerprint density at radius 3 is 2.35 bits per heavy atom. The van der Waals surface area contributed by atoms with Crippen molar-refractivity contribution in [2.24, 2.45) is 5.16 Å². The van der Waals surface area contributed by atoms with E-state index in [0.29, 0.717) is 17.5 Å². The molecule has 0 aliphatic carbocycles. The molecule has 1 amide bonds. The van der Waals surface area contributed by atoms with Crippen LogP contribution in [0.25, 0.3) is 5.57 Å². The third kappa shape index (κ3) is 5.68. The van der Waals surface area contributed by atoms with Crippen molar-refractivity contribution in [3.05, 3.63) is 74.5 Å². The van der Waals surface area contributed by atoms with Crippen molar-refractivity contribution in [2.45, 2.75) is 25.7 Å². The van der Waals surface area contributed by atoms with E-state index in [1.165, 1.54) is 32.2 Å². The molecule has 6 nitrogen and oxygen atoms in total. The summed E-state index contributed by atoms with van der Waals surface area (Å²) in [4.78, 5) is 30.1. The fourth-order valence-electron chi connectivity index (χ4n) is 3.10. The molecule has 0 saturated carbocycles. The molecule has 0 aromatic heterocycles. The van der Waals surface area contributed by atoms with Crippen molar-refractivity contribution in [3.8, 4) is 0 Å². The van der Waals surface area contributed by atoms with Crippen molar-refractivity contribution in [3.63, 3.8) is 0 Å². The normalized spacial score (nSPS) is 16.1. The maximum atomic E-state index is 13.7. The second-order valence-electron chi connectivity index (χ2n) is 7.16. The van der Waals surface area contributed by atoms with Gasteiger partial charge in [-0.05, 0) is 53.5 Å². The lowest BCUT2D eigenvalue weighted by Crippen LogP contribution is -2.35. The van der Waals surface area contributed by atoms with Crippen LogP contribution >= 0.6 is 23.2 Å². The number of carbonyl (C=O) groups excluding carboxylic acids is 2. The second kappa shape index (κ2) is 10.0. The number of benzene rings is 2. The quantitative estimate of drug-likeness (QED) is 0.238. The van der Waals surface area contributed by atoms with E-state index in [1.807, 2.05) is 0 Å². The Morgan fingerprint density at radius 2 is 1.82 bits per heavy atom.